The Bertz CT molecular complexity index is 398. The van der Waals surface area contributed by atoms with Crippen LogP contribution < -0.4 is 5.32 Å². The number of fused-ring (bicyclic) bond motifs is 1. The molecule has 1 atom stereocenters. The molecule has 0 aromatic heterocycles. The molecule has 1 heterocycles. The van der Waals surface area contributed by atoms with Crippen LogP contribution in [0.1, 0.15) is 22.8 Å². The Kier molecular flexibility index (Phi) is 2.08. The monoisotopic (exact) mass is 189 g/mol. The van der Waals surface area contributed by atoms with Crippen molar-refractivity contribution in [1.29, 1.82) is 0 Å². The highest BCUT2D eigenvalue weighted by molar-refractivity contribution is 6.00. The van der Waals surface area contributed by atoms with E-state index in [1.54, 1.807) is 6.07 Å². The normalized spacial score (nSPS) is 19.8. The summed E-state index contributed by atoms with van der Waals surface area (Å²) < 4.78 is 0. The van der Waals surface area contributed by atoms with Gasteiger partial charge in [0, 0.05) is 12.0 Å². The summed E-state index contributed by atoms with van der Waals surface area (Å²) in [6.07, 6.45) is 0.608. The van der Waals surface area contributed by atoms with Crippen LogP contribution in [-0.4, -0.2) is 17.7 Å². The number of amides is 1. The molecule has 0 fully saturated rings. The molecule has 0 saturated carbocycles. The maximum atomic E-state index is 11.5. The van der Waals surface area contributed by atoms with E-state index >= 15 is 0 Å². The Hall–Kier alpha value is -1.64. The Morgan fingerprint density at radius 3 is 2.86 bits per heavy atom. The second-order valence-electron chi connectivity index (χ2n) is 3.50. The molecule has 1 aromatic carbocycles. The minimum absolute atomic E-state index is 0.00727. The van der Waals surface area contributed by atoms with Crippen LogP contribution in [0.5, 0.6) is 0 Å². The Labute approximate surface area is 82.1 Å². The minimum Gasteiger partial charge on any atom is -0.342 e. The van der Waals surface area contributed by atoms with E-state index in [0.29, 0.717) is 12.0 Å². The summed E-state index contributed by atoms with van der Waals surface area (Å²) in [7, 11) is 0. The SMILES string of the molecule is CC(=O)C1Cc2ccccc2C(=O)N1. The Morgan fingerprint density at radius 2 is 2.14 bits per heavy atom. The molecule has 0 radical (unpaired) electrons. The fraction of sp³-hybridized carbons (Fsp3) is 0.273. The van der Waals surface area contributed by atoms with Crippen LogP contribution in [0.25, 0.3) is 0 Å². The molecule has 2 rings (SSSR count). The van der Waals surface area contributed by atoms with Crippen molar-refractivity contribution in [2.45, 2.75) is 19.4 Å². The van der Waals surface area contributed by atoms with E-state index in [2.05, 4.69) is 5.32 Å². The number of benzene rings is 1. The summed E-state index contributed by atoms with van der Waals surface area (Å²) in [5.74, 6) is -0.139. The van der Waals surface area contributed by atoms with Gasteiger partial charge in [-0.2, -0.15) is 0 Å². The van der Waals surface area contributed by atoms with Crippen LogP contribution in [0.15, 0.2) is 24.3 Å². The van der Waals surface area contributed by atoms with Crippen molar-refractivity contribution in [3.8, 4) is 0 Å². The van der Waals surface area contributed by atoms with E-state index < -0.39 is 0 Å². The van der Waals surface area contributed by atoms with Crippen molar-refractivity contribution in [1.82, 2.24) is 5.32 Å². The van der Waals surface area contributed by atoms with Crippen molar-refractivity contribution in [3.05, 3.63) is 35.4 Å². The molecule has 0 aliphatic carbocycles. The van der Waals surface area contributed by atoms with Gasteiger partial charge in [-0.05, 0) is 18.6 Å². The van der Waals surface area contributed by atoms with Gasteiger partial charge in [0.2, 0.25) is 0 Å². The zero-order valence-electron chi connectivity index (χ0n) is 7.91. The molecule has 3 heteroatoms. The number of rotatable bonds is 1. The first-order valence-corrected chi connectivity index (χ1v) is 4.57. The Morgan fingerprint density at radius 1 is 1.43 bits per heavy atom. The summed E-state index contributed by atoms with van der Waals surface area (Å²) in [4.78, 5) is 22.7. The van der Waals surface area contributed by atoms with Crippen molar-refractivity contribution in [2.24, 2.45) is 0 Å². The topological polar surface area (TPSA) is 46.2 Å². The summed E-state index contributed by atoms with van der Waals surface area (Å²) in [5, 5.41) is 2.68. The van der Waals surface area contributed by atoms with Crippen LogP contribution in [0.3, 0.4) is 0 Å². The molecule has 72 valence electrons. The second-order valence-corrected chi connectivity index (χ2v) is 3.50. The fourth-order valence-corrected chi connectivity index (χ4v) is 1.67. The molecule has 1 amide bonds. The third-order valence-electron chi connectivity index (χ3n) is 2.48. The molecule has 1 unspecified atom stereocenters. The van der Waals surface area contributed by atoms with Gasteiger partial charge in [0.05, 0.1) is 6.04 Å². The van der Waals surface area contributed by atoms with Gasteiger partial charge in [-0.1, -0.05) is 18.2 Å². The molecule has 1 N–H and O–H groups in total. The van der Waals surface area contributed by atoms with Crippen molar-refractivity contribution >= 4 is 11.7 Å². The zero-order chi connectivity index (χ0) is 10.1. The summed E-state index contributed by atoms with van der Waals surface area (Å²) in [6.45, 7) is 1.50. The molecular formula is C11H11NO2. The maximum absolute atomic E-state index is 11.5. The Balaban J connectivity index is 2.38. The predicted octanol–water partition coefficient (Wildman–Crippen LogP) is 0.930. The largest absolute Gasteiger partial charge is 0.342 e. The van der Waals surface area contributed by atoms with Gasteiger partial charge in [0.1, 0.15) is 0 Å². The van der Waals surface area contributed by atoms with Crippen molar-refractivity contribution < 1.29 is 9.59 Å². The van der Waals surface area contributed by atoms with Gasteiger partial charge in [-0.3, -0.25) is 9.59 Å². The zero-order valence-corrected chi connectivity index (χ0v) is 7.91. The number of hydrogen-bond acceptors (Lipinski definition) is 2. The smallest absolute Gasteiger partial charge is 0.252 e. The van der Waals surface area contributed by atoms with E-state index in [9.17, 15) is 9.59 Å². The van der Waals surface area contributed by atoms with Crippen molar-refractivity contribution in [3.63, 3.8) is 0 Å². The van der Waals surface area contributed by atoms with E-state index in [4.69, 9.17) is 0 Å². The lowest BCUT2D eigenvalue weighted by molar-refractivity contribution is -0.118. The van der Waals surface area contributed by atoms with E-state index in [0.717, 1.165) is 5.56 Å². The van der Waals surface area contributed by atoms with Gasteiger partial charge >= 0.3 is 0 Å². The lowest BCUT2D eigenvalue weighted by Crippen LogP contribution is -2.45. The van der Waals surface area contributed by atoms with E-state index in [1.165, 1.54) is 6.92 Å². The maximum Gasteiger partial charge on any atom is 0.252 e. The number of ketones is 1. The number of nitrogens with one attached hydrogen (secondary N) is 1. The van der Waals surface area contributed by atoms with Crippen LogP contribution >= 0.6 is 0 Å². The van der Waals surface area contributed by atoms with Crippen LogP contribution in [0.4, 0.5) is 0 Å². The molecule has 1 aliphatic heterocycles. The lowest BCUT2D eigenvalue weighted by atomic mass is 9.94. The molecule has 1 aliphatic rings. The lowest BCUT2D eigenvalue weighted by Gasteiger charge is -2.23. The molecular weight excluding hydrogens is 178 g/mol. The first kappa shape index (κ1) is 8.94. The number of hydrogen-bond donors (Lipinski definition) is 1. The summed E-state index contributed by atoms with van der Waals surface area (Å²) in [6, 6.07) is 7.03. The third-order valence-corrected chi connectivity index (χ3v) is 2.48. The average molecular weight is 189 g/mol. The molecule has 0 saturated heterocycles. The van der Waals surface area contributed by atoms with Gasteiger partial charge in [-0.25, -0.2) is 0 Å². The molecule has 0 spiro atoms. The molecule has 3 nitrogen and oxygen atoms in total. The predicted molar refractivity (Wildman–Crippen MR) is 52.1 cm³/mol. The average Bonchev–Trinajstić information content (AvgIpc) is 2.17. The van der Waals surface area contributed by atoms with E-state index in [-0.39, 0.29) is 17.7 Å². The summed E-state index contributed by atoms with van der Waals surface area (Å²) in [5.41, 5.74) is 1.64. The van der Waals surface area contributed by atoms with Gasteiger partial charge in [0.25, 0.3) is 5.91 Å². The van der Waals surface area contributed by atoms with Gasteiger partial charge in [0.15, 0.2) is 5.78 Å². The molecule has 1 aromatic rings. The molecule has 14 heavy (non-hydrogen) atoms. The quantitative estimate of drug-likeness (QED) is 0.714. The van der Waals surface area contributed by atoms with Crippen LogP contribution in [0.2, 0.25) is 0 Å². The summed E-state index contributed by atoms with van der Waals surface area (Å²) >= 11 is 0. The molecule has 0 bridgehead atoms. The highest BCUT2D eigenvalue weighted by atomic mass is 16.2. The second kappa shape index (κ2) is 3.25. The number of carbonyl (C=O) groups excluding carboxylic acids is 2. The van der Waals surface area contributed by atoms with Crippen LogP contribution in [0, 0.1) is 0 Å². The minimum atomic E-state index is -0.350. The first-order valence-electron chi connectivity index (χ1n) is 4.57. The van der Waals surface area contributed by atoms with E-state index in [1.807, 2.05) is 18.2 Å². The van der Waals surface area contributed by atoms with Crippen LogP contribution in [-0.2, 0) is 11.2 Å². The fourth-order valence-electron chi connectivity index (χ4n) is 1.67. The highest BCUT2D eigenvalue weighted by Gasteiger charge is 2.25. The standard InChI is InChI=1S/C11H11NO2/c1-7(13)10-6-8-4-2-3-5-9(8)11(14)12-10/h2-5,10H,6H2,1H3,(H,12,14). The number of Topliss-reactive ketones (excluding diaryl/α,β-unsaturated/α-hetero) is 1. The third kappa shape index (κ3) is 1.41. The highest BCUT2D eigenvalue weighted by Crippen LogP contribution is 2.16. The first-order chi connectivity index (χ1) is 6.68. The van der Waals surface area contributed by atoms with Crippen molar-refractivity contribution in [2.75, 3.05) is 0 Å². The number of carbonyl (C=O) groups is 2. The van der Waals surface area contributed by atoms with Gasteiger partial charge in [-0.15, -0.1) is 0 Å². The van der Waals surface area contributed by atoms with Gasteiger partial charge < -0.3 is 5.32 Å².